The number of benzene rings is 2. The molecular weight excluding hydrogens is 304 g/mol. The van der Waals surface area contributed by atoms with Crippen LogP contribution in [0.1, 0.15) is 68.9 Å². The minimum Gasteiger partial charge on any atom is -0.355 e. The van der Waals surface area contributed by atoms with Crippen molar-refractivity contribution in [3.05, 3.63) is 53.6 Å². The average molecular weight is 335 g/mol. The Morgan fingerprint density at radius 3 is 2.28 bits per heavy atom. The number of rotatable bonds is 3. The van der Waals surface area contributed by atoms with Crippen LogP contribution >= 0.6 is 0 Å². The second-order valence-corrected chi connectivity index (χ2v) is 8.10. The van der Waals surface area contributed by atoms with Gasteiger partial charge in [0.15, 0.2) is 0 Å². The van der Waals surface area contributed by atoms with Crippen molar-refractivity contribution in [2.75, 3.05) is 23.5 Å². The van der Waals surface area contributed by atoms with Crippen LogP contribution in [0.4, 0.5) is 17.1 Å². The van der Waals surface area contributed by atoms with Crippen LogP contribution < -0.4 is 9.80 Å². The summed E-state index contributed by atoms with van der Waals surface area (Å²) in [5, 5.41) is 0. The molecule has 0 amide bonds. The molecule has 0 aromatic heterocycles. The van der Waals surface area contributed by atoms with E-state index < -0.39 is 0 Å². The highest BCUT2D eigenvalue weighted by molar-refractivity contribution is 5.82. The minimum absolute atomic E-state index is 0.584. The Bertz CT molecular complexity index is 726. The fourth-order valence-electron chi connectivity index (χ4n) is 4.39. The number of hydrogen-bond donors (Lipinski definition) is 0. The third kappa shape index (κ3) is 3.15. The van der Waals surface area contributed by atoms with Crippen molar-refractivity contribution in [3.8, 4) is 0 Å². The molecule has 0 radical (unpaired) electrons. The monoisotopic (exact) mass is 334 g/mol. The normalized spacial score (nSPS) is 18.1. The van der Waals surface area contributed by atoms with Crippen LogP contribution in [0.25, 0.3) is 0 Å². The van der Waals surface area contributed by atoms with Gasteiger partial charge in [-0.3, -0.25) is 0 Å². The maximum Gasteiger partial charge on any atom is 0.0950 e. The van der Waals surface area contributed by atoms with Crippen LogP contribution in [0.15, 0.2) is 42.5 Å². The van der Waals surface area contributed by atoms with E-state index in [9.17, 15) is 0 Å². The van der Waals surface area contributed by atoms with Crippen LogP contribution in [-0.2, 0) is 0 Å². The van der Waals surface area contributed by atoms with Crippen molar-refractivity contribution in [1.29, 1.82) is 0 Å². The Hall–Kier alpha value is -1.96. The first kappa shape index (κ1) is 16.5. The predicted molar refractivity (Wildman–Crippen MR) is 108 cm³/mol. The molecule has 1 aliphatic heterocycles. The molecule has 2 nitrogen and oxygen atoms in total. The summed E-state index contributed by atoms with van der Waals surface area (Å²) in [4.78, 5) is 4.82. The summed E-state index contributed by atoms with van der Waals surface area (Å²) in [7, 11) is 2.20. The van der Waals surface area contributed by atoms with Crippen molar-refractivity contribution in [3.63, 3.8) is 0 Å². The lowest BCUT2D eigenvalue weighted by Crippen LogP contribution is -2.23. The molecule has 2 aromatic rings. The van der Waals surface area contributed by atoms with Gasteiger partial charge in [0.1, 0.15) is 0 Å². The van der Waals surface area contributed by atoms with Gasteiger partial charge in [-0.05, 0) is 60.1 Å². The standard InChI is InChI=1S/C23H30N2/c1-17(2)18-9-12-21(13-10-18)25-16-24(3)22-14-11-20(15-23(22)25)19-7-5-4-6-8-19/h9-15,17,19H,4-8,16H2,1-3H3. The lowest BCUT2D eigenvalue weighted by Gasteiger charge is -2.24. The molecule has 0 unspecified atom stereocenters. The predicted octanol–water partition coefficient (Wildman–Crippen LogP) is 6.40. The van der Waals surface area contributed by atoms with Gasteiger partial charge in [0, 0.05) is 12.7 Å². The minimum atomic E-state index is 0.584. The molecule has 1 fully saturated rings. The zero-order valence-electron chi connectivity index (χ0n) is 15.8. The Morgan fingerprint density at radius 2 is 1.60 bits per heavy atom. The van der Waals surface area contributed by atoms with E-state index in [4.69, 9.17) is 0 Å². The summed E-state index contributed by atoms with van der Waals surface area (Å²) in [5.41, 5.74) is 6.98. The average Bonchev–Trinajstić information content (AvgIpc) is 2.99. The van der Waals surface area contributed by atoms with E-state index in [1.54, 1.807) is 0 Å². The summed E-state index contributed by atoms with van der Waals surface area (Å²) >= 11 is 0. The fourth-order valence-corrected chi connectivity index (χ4v) is 4.39. The van der Waals surface area contributed by atoms with Crippen molar-refractivity contribution in [2.24, 2.45) is 0 Å². The van der Waals surface area contributed by atoms with E-state index in [1.807, 2.05) is 0 Å². The van der Waals surface area contributed by atoms with Gasteiger partial charge < -0.3 is 9.80 Å². The quantitative estimate of drug-likeness (QED) is 0.640. The number of anilines is 3. The summed E-state index contributed by atoms with van der Waals surface area (Å²) in [5.74, 6) is 1.34. The molecular formula is C23H30N2. The van der Waals surface area contributed by atoms with Gasteiger partial charge in [0.2, 0.25) is 0 Å². The number of nitrogens with zero attached hydrogens (tertiary/aromatic N) is 2. The number of fused-ring (bicyclic) bond motifs is 1. The molecule has 0 atom stereocenters. The van der Waals surface area contributed by atoms with Gasteiger partial charge in [-0.2, -0.15) is 0 Å². The van der Waals surface area contributed by atoms with Gasteiger partial charge in [0.25, 0.3) is 0 Å². The molecule has 1 saturated carbocycles. The molecule has 0 N–H and O–H groups in total. The van der Waals surface area contributed by atoms with Crippen LogP contribution in [0.5, 0.6) is 0 Å². The largest absolute Gasteiger partial charge is 0.355 e. The summed E-state index contributed by atoms with van der Waals surface area (Å²) < 4.78 is 0. The Labute approximate surface area is 152 Å². The molecule has 25 heavy (non-hydrogen) atoms. The van der Waals surface area contributed by atoms with Gasteiger partial charge >= 0.3 is 0 Å². The first-order valence-electron chi connectivity index (χ1n) is 9.86. The third-order valence-electron chi connectivity index (χ3n) is 6.00. The first-order chi connectivity index (χ1) is 12.1. The van der Waals surface area contributed by atoms with E-state index >= 15 is 0 Å². The van der Waals surface area contributed by atoms with Crippen molar-refractivity contribution >= 4 is 17.1 Å². The van der Waals surface area contributed by atoms with Crippen LogP contribution in [0, 0.1) is 0 Å². The van der Waals surface area contributed by atoms with E-state index in [0.717, 1.165) is 12.6 Å². The second kappa shape index (κ2) is 6.74. The lowest BCUT2D eigenvalue weighted by molar-refractivity contribution is 0.444. The molecule has 1 aliphatic carbocycles. The fraction of sp³-hybridized carbons (Fsp3) is 0.478. The van der Waals surface area contributed by atoms with E-state index in [-0.39, 0.29) is 0 Å². The van der Waals surface area contributed by atoms with Gasteiger partial charge in [-0.25, -0.2) is 0 Å². The zero-order valence-corrected chi connectivity index (χ0v) is 15.8. The molecule has 0 bridgehead atoms. The van der Waals surface area contributed by atoms with Crippen molar-refractivity contribution < 1.29 is 0 Å². The summed E-state index contributed by atoms with van der Waals surface area (Å²) in [6.07, 6.45) is 6.91. The van der Waals surface area contributed by atoms with E-state index in [1.165, 1.54) is 60.3 Å². The van der Waals surface area contributed by atoms with Crippen LogP contribution in [0.3, 0.4) is 0 Å². The zero-order chi connectivity index (χ0) is 17.4. The molecule has 0 saturated heterocycles. The van der Waals surface area contributed by atoms with Gasteiger partial charge in [-0.1, -0.05) is 51.3 Å². The maximum atomic E-state index is 2.46. The maximum absolute atomic E-state index is 2.46. The highest BCUT2D eigenvalue weighted by Crippen LogP contribution is 2.43. The molecule has 2 aliphatic rings. The van der Waals surface area contributed by atoms with E-state index in [0.29, 0.717) is 5.92 Å². The molecule has 2 aromatic carbocycles. The molecule has 132 valence electrons. The van der Waals surface area contributed by atoms with Gasteiger partial charge in [-0.15, -0.1) is 0 Å². The topological polar surface area (TPSA) is 6.48 Å². The van der Waals surface area contributed by atoms with Crippen LogP contribution in [-0.4, -0.2) is 13.7 Å². The van der Waals surface area contributed by atoms with Crippen molar-refractivity contribution in [2.45, 2.75) is 57.8 Å². The Morgan fingerprint density at radius 1 is 0.880 bits per heavy atom. The summed E-state index contributed by atoms with van der Waals surface area (Å²) in [6.45, 7) is 5.44. The van der Waals surface area contributed by atoms with Crippen LogP contribution in [0.2, 0.25) is 0 Å². The molecule has 2 heteroatoms. The Balaban J connectivity index is 1.66. The smallest absolute Gasteiger partial charge is 0.0950 e. The molecule has 0 spiro atoms. The first-order valence-corrected chi connectivity index (χ1v) is 9.86. The SMILES string of the molecule is CC(C)c1ccc(N2CN(C)c3ccc(C4CCCCC4)cc32)cc1. The number of hydrogen-bond acceptors (Lipinski definition) is 2. The van der Waals surface area contributed by atoms with Gasteiger partial charge in [0.05, 0.1) is 18.0 Å². The molecule has 4 rings (SSSR count). The Kier molecular flexibility index (Phi) is 4.45. The highest BCUT2D eigenvalue weighted by Gasteiger charge is 2.26. The lowest BCUT2D eigenvalue weighted by atomic mass is 9.84. The van der Waals surface area contributed by atoms with E-state index in [2.05, 4.69) is 73.2 Å². The highest BCUT2D eigenvalue weighted by atomic mass is 15.4. The van der Waals surface area contributed by atoms with Crippen molar-refractivity contribution in [1.82, 2.24) is 0 Å². The second-order valence-electron chi connectivity index (χ2n) is 8.10. The summed E-state index contributed by atoms with van der Waals surface area (Å²) in [6, 6.07) is 16.3. The molecule has 1 heterocycles. The third-order valence-corrected chi connectivity index (χ3v) is 6.00.